The standard InChI is InChI=1S/C20H17FN4O/c21-16-10-13(7-8-15(16)17-11-24-19(22)12-23-17)14-4-1-2-5-18(14)25-9-3-6-20(25)26/h1-2,4-5,7-8,10-12H,3,6,9H2,(H2,22,24). The predicted octanol–water partition coefficient (Wildman–Crippen LogP) is 3.66. The highest BCUT2D eigenvalue weighted by molar-refractivity contribution is 5.99. The molecule has 0 aliphatic carbocycles. The maximum Gasteiger partial charge on any atom is 0.227 e. The van der Waals surface area contributed by atoms with E-state index in [4.69, 9.17) is 5.73 Å². The molecule has 0 radical (unpaired) electrons. The van der Waals surface area contributed by atoms with Gasteiger partial charge in [-0.25, -0.2) is 9.37 Å². The number of nitrogens with two attached hydrogens (primary N) is 1. The Labute approximate surface area is 150 Å². The lowest BCUT2D eigenvalue weighted by Gasteiger charge is -2.20. The van der Waals surface area contributed by atoms with E-state index in [-0.39, 0.29) is 11.7 Å². The average Bonchev–Trinajstić information content (AvgIpc) is 3.08. The maximum absolute atomic E-state index is 14.7. The summed E-state index contributed by atoms with van der Waals surface area (Å²) in [5, 5.41) is 0. The highest BCUT2D eigenvalue weighted by Gasteiger charge is 2.24. The van der Waals surface area contributed by atoms with Gasteiger partial charge in [-0.05, 0) is 30.2 Å². The Morgan fingerprint density at radius 2 is 1.88 bits per heavy atom. The summed E-state index contributed by atoms with van der Waals surface area (Å²) in [6.07, 6.45) is 4.24. The number of halogens is 1. The van der Waals surface area contributed by atoms with Crippen molar-refractivity contribution < 1.29 is 9.18 Å². The van der Waals surface area contributed by atoms with Crippen molar-refractivity contribution in [3.8, 4) is 22.4 Å². The second-order valence-corrected chi connectivity index (χ2v) is 6.19. The first-order valence-electron chi connectivity index (χ1n) is 8.41. The Bertz CT molecular complexity index is 972. The van der Waals surface area contributed by atoms with E-state index in [2.05, 4.69) is 9.97 Å². The number of carbonyl (C=O) groups is 1. The lowest BCUT2D eigenvalue weighted by Crippen LogP contribution is -2.24. The summed E-state index contributed by atoms with van der Waals surface area (Å²) < 4.78 is 14.7. The van der Waals surface area contributed by atoms with Gasteiger partial charge in [0.05, 0.1) is 23.8 Å². The van der Waals surface area contributed by atoms with Crippen LogP contribution >= 0.6 is 0 Å². The lowest BCUT2D eigenvalue weighted by atomic mass is 10.00. The fourth-order valence-electron chi connectivity index (χ4n) is 3.22. The second-order valence-electron chi connectivity index (χ2n) is 6.19. The maximum atomic E-state index is 14.7. The molecule has 1 aliphatic heterocycles. The van der Waals surface area contributed by atoms with Gasteiger partial charge in [-0.3, -0.25) is 9.78 Å². The lowest BCUT2D eigenvalue weighted by molar-refractivity contribution is -0.117. The molecule has 0 unspecified atom stereocenters. The van der Waals surface area contributed by atoms with E-state index in [1.807, 2.05) is 30.3 Å². The molecule has 5 nitrogen and oxygen atoms in total. The average molecular weight is 348 g/mol. The van der Waals surface area contributed by atoms with Crippen molar-refractivity contribution in [1.29, 1.82) is 0 Å². The van der Waals surface area contributed by atoms with Crippen LogP contribution in [0.5, 0.6) is 0 Å². The van der Waals surface area contributed by atoms with Gasteiger partial charge in [0, 0.05) is 24.1 Å². The normalized spacial score (nSPS) is 14.0. The SMILES string of the molecule is Nc1cnc(-c2ccc(-c3ccccc3N3CCCC3=O)cc2F)cn1. The van der Waals surface area contributed by atoms with Crippen molar-refractivity contribution in [2.24, 2.45) is 0 Å². The minimum atomic E-state index is -0.399. The third-order valence-electron chi connectivity index (χ3n) is 4.50. The van der Waals surface area contributed by atoms with E-state index in [0.29, 0.717) is 29.8 Å². The molecule has 0 atom stereocenters. The number of aromatic nitrogens is 2. The molecule has 1 amide bonds. The zero-order valence-corrected chi connectivity index (χ0v) is 14.0. The largest absolute Gasteiger partial charge is 0.382 e. The summed E-state index contributed by atoms with van der Waals surface area (Å²) in [6.45, 7) is 0.692. The minimum Gasteiger partial charge on any atom is -0.382 e. The number of amides is 1. The summed E-state index contributed by atoms with van der Waals surface area (Å²) in [4.78, 5) is 22.0. The van der Waals surface area contributed by atoms with Gasteiger partial charge in [0.25, 0.3) is 0 Å². The molecule has 1 saturated heterocycles. The molecule has 2 aromatic carbocycles. The van der Waals surface area contributed by atoms with Crippen LogP contribution in [0.2, 0.25) is 0 Å². The van der Waals surface area contributed by atoms with Crippen LogP contribution < -0.4 is 10.6 Å². The topological polar surface area (TPSA) is 72.1 Å². The molecule has 1 fully saturated rings. The van der Waals surface area contributed by atoms with Crippen molar-refractivity contribution in [3.05, 3.63) is 60.7 Å². The molecule has 0 bridgehead atoms. The van der Waals surface area contributed by atoms with Crippen LogP contribution in [0.3, 0.4) is 0 Å². The number of hydrogen-bond acceptors (Lipinski definition) is 4. The van der Waals surface area contributed by atoms with Gasteiger partial charge in [-0.1, -0.05) is 24.3 Å². The van der Waals surface area contributed by atoms with Crippen LogP contribution in [0.4, 0.5) is 15.9 Å². The van der Waals surface area contributed by atoms with Gasteiger partial charge >= 0.3 is 0 Å². The zero-order valence-electron chi connectivity index (χ0n) is 14.0. The fraction of sp³-hybridized carbons (Fsp3) is 0.150. The van der Waals surface area contributed by atoms with Crippen LogP contribution in [0.1, 0.15) is 12.8 Å². The Hall–Kier alpha value is -3.28. The van der Waals surface area contributed by atoms with Crippen LogP contribution in [-0.4, -0.2) is 22.4 Å². The molecule has 2 N–H and O–H groups in total. The molecule has 1 aromatic heterocycles. The smallest absolute Gasteiger partial charge is 0.227 e. The Balaban J connectivity index is 1.75. The number of nitrogens with zero attached hydrogens (tertiary/aromatic N) is 3. The summed E-state index contributed by atoms with van der Waals surface area (Å²) in [5.74, 6) is -0.00852. The number of benzene rings is 2. The van der Waals surface area contributed by atoms with Gasteiger partial charge in [-0.2, -0.15) is 0 Å². The van der Waals surface area contributed by atoms with Crippen LogP contribution in [0.25, 0.3) is 22.4 Å². The first-order chi connectivity index (χ1) is 12.6. The van der Waals surface area contributed by atoms with E-state index < -0.39 is 5.82 Å². The number of anilines is 2. The molecular weight excluding hydrogens is 331 g/mol. The zero-order chi connectivity index (χ0) is 18.1. The van der Waals surface area contributed by atoms with E-state index in [1.165, 1.54) is 18.5 Å². The molecule has 6 heteroatoms. The number of hydrogen-bond donors (Lipinski definition) is 1. The summed E-state index contributed by atoms with van der Waals surface area (Å²) in [6, 6.07) is 12.5. The van der Waals surface area contributed by atoms with Crippen LogP contribution in [0.15, 0.2) is 54.9 Å². The third-order valence-corrected chi connectivity index (χ3v) is 4.50. The summed E-state index contributed by atoms with van der Waals surface area (Å²) in [5.41, 5.74) is 8.67. The molecule has 26 heavy (non-hydrogen) atoms. The highest BCUT2D eigenvalue weighted by atomic mass is 19.1. The molecule has 0 spiro atoms. The molecule has 2 heterocycles. The Morgan fingerprint density at radius 3 is 2.58 bits per heavy atom. The van der Waals surface area contributed by atoms with Crippen molar-refractivity contribution in [1.82, 2.24) is 9.97 Å². The molecule has 4 rings (SSSR count). The first-order valence-corrected chi connectivity index (χ1v) is 8.41. The van der Waals surface area contributed by atoms with E-state index >= 15 is 0 Å². The number of para-hydroxylation sites is 1. The summed E-state index contributed by atoms with van der Waals surface area (Å²) in [7, 11) is 0. The van der Waals surface area contributed by atoms with Crippen molar-refractivity contribution in [3.63, 3.8) is 0 Å². The third kappa shape index (κ3) is 2.90. The van der Waals surface area contributed by atoms with Crippen molar-refractivity contribution in [2.75, 3.05) is 17.2 Å². The molecule has 0 saturated carbocycles. The fourth-order valence-corrected chi connectivity index (χ4v) is 3.22. The van der Waals surface area contributed by atoms with Crippen molar-refractivity contribution >= 4 is 17.4 Å². The number of rotatable bonds is 3. The Morgan fingerprint density at radius 1 is 1.04 bits per heavy atom. The Kier molecular flexibility index (Phi) is 4.08. The van der Waals surface area contributed by atoms with Gasteiger partial charge in [-0.15, -0.1) is 0 Å². The first kappa shape index (κ1) is 16.2. The van der Waals surface area contributed by atoms with Crippen LogP contribution in [0, 0.1) is 5.82 Å². The molecule has 1 aliphatic rings. The van der Waals surface area contributed by atoms with Gasteiger partial charge in [0.15, 0.2) is 0 Å². The van der Waals surface area contributed by atoms with Crippen LogP contribution in [-0.2, 0) is 4.79 Å². The van der Waals surface area contributed by atoms with Gasteiger partial charge in [0.1, 0.15) is 11.6 Å². The predicted molar refractivity (Wildman–Crippen MR) is 98.9 cm³/mol. The highest BCUT2D eigenvalue weighted by Crippen LogP contribution is 2.35. The second kappa shape index (κ2) is 6.55. The monoisotopic (exact) mass is 348 g/mol. The minimum absolute atomic E-state index is 0.103. The van der Waals surface area contributed by atoms with Gasteiger partial charge < -0.3 is 10.6 Å². The molecule has 3 aromatic rings. The quantitative estimate of drug-likeness (QED) is 0.784. The van der Waals surface area contributed by atoms with E-state index in [1.54, 1.807) is 11.0 Å². The molecular formula is C20H17FN4O. The number of nitrogen functional groups attached to an aromatic ring is 1. The van der Waals surface area contributed by atoms with E-state index in [9.17, 15) is 9.18 Å². The number of carbonyl (C=O) groups excluding carboxylic acids is 1. The summed E-state index contributed by atoms with van der Waals surface area (Å²) >= 11 is 0. The van der Waals surface area contributed by atoms with Gasteiger partial charge in [0.2, 0.25) is 5.91 Å². The molecule has 130 valence electrons. The van der Waals surface area contributed by atoms with Crippen molar-refractivity contribution in [2.45, 2.75) is 12.8 Å². The van der Waals surface area contributed by atoms with E-state index in [0.717, 1.165) is 17.7 Å².